The predicted octanol–water partition coefficient (Wildman–Crippen LogP) is 5.12. The lowest BCUT2D eigenvalue weighted by molar-refractivity contribution is -0.138. The molecule has 0 aliphatic heterocycles. The van der Waals surface area contributed by atoms with Crippen LogP contribution in [0.15, 0.2) is 72.8 Å². The Hall–Kier alpha value is -2.61. The van der Waals surface area contributed by atoms with E-state index < -0.39 is 0 Å². The van der Waals surface area contributed by atoms with Crippen LogP contribution in [-0.2, 0) is 9.53 Å². The van der Waals surface area contributed by atoms with Gasteiger partial charge in [0.05, 0.1) is 6.61 Å². The summed E-state index contributed by atoms with van der Waals surface area (Å²) in [5, 5.41) is 5.25. The summed E-state index contributed by atoms with van der Waals surface area (Å²) in [5.74, 6) is -0.312. The standard InChI is InChI=1S/C14H10.C6H10O2/c1-2-6-12-10-14-8-4-3-7-13(14)9-11(12)5-1;1-4-8-6(7)5(2)3/h1-10H;2,4H2,1,3H3. The quantitative estimate of drug-likeness (QED) is 0.372. The summed E-state index contributed by atoms with van der Waals surface area (Å²) in [6.07, 6.45) is 0. The molecule has 0 saturated heterocycles. The Kier molecular flexibility index (Phi) is 5.31. The maximum Gasteiger partial charge on any atom is 0.333 e. The molecule has 112 valence electrons. The summed E-state index contributed by atoms with van der Waals surface area (Å²) in [6.45, 7) is 7.21. The highest BCUT2D eigenvalue weighted by Crippen LogP contribution is 2.21. The molecule has 3 aromatic rings. The van der Waals surface area contributed by atoms with Gasteiger partial charge in [-0.2, -0.15) is 0 Å². The lowest BCUT2D eigenvalue weighted by Crippen LogP contribution is -2.03. The van der Waals surface area contributed by atoms with Crippen LogP contribution in [0.4, 0.5) is 0 Å². The normalized spacial score (nSPS) is 9.91. The molecular formula is C20H20O2. The molecule has 0 aromatic heterocycles. The van der Waals surface area contributed by atoms with E-state index in [0.717, 1.165) is 0 Å². The third-order valence-electron chi connectivity index (χ3n) is 3.24. The number of hydrogen-bond donors (Lipinski definition) is 0. The molecule has 0 N–H and O–H groups in total. The van der Waals surface area contributed by atoms with Gasteiger partial charge < -0.3 is 4.74 Å². The molecule has 0 aliphatic rings. The minimum atomic E-state index is -0.312. The number of carbonyl (C=O) groups is 1. The molecule has 0 fully saturated rings. The van der Waals surface area contributed by atoms with Gasteiger partial charge in [-0.3, -0.25) is 0 Å². The number of rotatable bonds is 2. The zero-order valence-electron chi connectivity index (χ0n) is 13.0. The van der Waals surface area contributed by atoms with Crippen LogP contribution in [0.25, 0.3) is 21.5 Å². The molecule has 0 unspecified atom stereocenters. The SMILES string of the molecule is C=C(C)C(=O)OCC.c1ccc2cc3ccccc3cc2c1. The van der Waals surface area contributed by atoms with Crippen molar-refractivity contribution in [3.05, 3.63) is 72.8 Å². The Morgan fingerprint density at radius 2 is 1.27 bits per heavy atom. The Labute approximate surface area is 131 Å². The molecule has 3 aromatic carbocycles. The number of benzene rings is 3. The van der Waals surface area contributed by atoms with Crippen LogP contribution < -0.4 is 0 Å². The Bertz CT molecular complexity index is 698. The molecule has 0 radical (unpaired) electrons. The summed E-state index contributed by atoms with van der Waals surface area (Å²) in [4.78, 5) is 10.4. The summed E-state index contributed by atoms with van der Waals surface area (Å²) >= 11 is 0. The fraction of sp³-hybridized carbons (Fsp3) is 0.150. The van der Waals surface area contributed by atoms with Gasteiger partial charge >= 0.3 is 5.97 Å². The van der Waals surface area contributed by atoms with Crippen LogP contribution in [0.5, 0.6) is 0 Å². The van der Waals surface area contributed by atoms with Gasteiger partial charge in [-0.05, 0) is 47.5 Å². The largest absolute Gasteiger partial charge is 0.463 e. The van der Waals surface area contributed by atoms with Gasteiger partial charge in [0.2, 0.25) is 0 Å². The minimum absolute atomic E-state index is 0.312. The zero-order chi connectivity index (χ0) is 15.9. The summed E-state index contributed by atoms with van der Waals surface area (Å²) < 4.78 is 4.56. The monoisotopic (exact) mass is 292 g/mol. The second-order valence-corrected chi connectivity index (χ2v) is 5.05. The van der Waals surface area contributed by atoms with Crippen molar-refractivity contribution < 1.29 is 9.53 Å². The maximum atomic E-state index is 10.4. The van der Waals surface area contributed by atoms with Crippen molar-refractivity contribution in [2.24, 2.45) is 0 Å². The molecule has 0 amide bonds. The summed E-state index contributed by atoms with van der Waals surface area (Å²) in [5.41, 5.74) is 0.451. The molecular weight excluding hydrogens is 272 g/mol. The fourth-order valence-electron chi connectivity index (χ4n) is 2.14. The van der Waals surface area contributed by atoms with E-state index in [1.165, 1.54) is 21.5 Å². The maximum absolute atomic E-state index is 10.4. The first kappa shape index (κ1) is 15.8. The second-order valence-electron chi connectivity index (χ2n) is 5.05. The van der Waals surface area contributed by atoms with Crippen molar-refractivity contribution in [1.29, 1.82) is 0 Å². The second kappa shape index (κ2) is 7.41. The number of fused-ring (bicyclic) bond motifs is 2. The molecule has 0 saturated carbocycles. The highest BCUT2D eigenvalue weighted by molar-refractivity contribution is 5.98. The van der Waals surface area contributed by atoms with Gasteiger partial charge in [0.1, 0.15) is 0 Å². The van der Waals surface area contributed by atoms with E-state index >= 15 is 0 Å². The molecule has 2 nitrogen and oxygen atoms in total. The Balaban J connectivity index is 0.000000192. The third-order valence-corrected chi connectivity index (χ3v) is 3.24. The van der Waals surface area contributed by atoms with Crippen molar-refractivity contribution in [3.8, 4) is 0 Å². The Morgan fingerprint density at radius 3 is 1.50 bits per heavy atom. The molecule has 0 bridgehead atoms. The van der Waals surface area contributed by atoms with E-state index in [4.69, 9.17) is 0 Å². The molecule has 22 heavy (non-hydrogen) atoms. The van der Waals surface area contributed by atoms with Crippen LogP contribution >= 0.6 is 0 Å². The molecule has 3 rings (SSSR count). The number of esters is 1. The van der Waals surface area contributed by atoms with Crippen LogP contribution in [0, 0.1) is 0 Å². The lowest BCUT2D eigenvalue weighted by Gasteiger charge is -2.00. The van der Waals surface area contributed by atoms with Crippen molar-refractivity contribution in [2.45, 2.75) is 13.8 Å². The average molecular weight is 292 g/mol. The molecule has 0 atom stereocenters. The summed E-state index contributed by atoms with van der Waals surface area (Å²) in [6, 6.07) is 21.4. The van der Waals surface area contributed by atoms with Crippen molar-refractivity contribution in [3.63, 3.8) is 0 Å². The number of carbonyl (C=O) groups excluding carboxylic acids is 1. The molecule has 0 heterocycles. The molecule has 0 aliphatic carbocycles. The van der Waals surface area contributed by atoms with Gasteiger partial charge in [-0.1, -0.05) is 55.1 Å². The Morgan fingerprint density at radius 1 is 0.909 bits per heavy atom. The van der Waals surface area contributed by atoms with Crippen LogP contribution in [-0.4, -0.2) is 12.6 Å². The van der Waals surface area contributed by atoms with E-state index in [1.54, 1.807) is 13.8 Å². The first-order valence-corrected chi connectivity index (χ1v) is 7.32. The highest BCUT2D eigenvalue weighted by atomic mass is 16.5. The van der Waals surface area contributed by atoms with Crippen LogP contribution in [0.2, 0.25) is 0 Å². The predicted molar refractivity (Wildman–Crippen MR) is 92.9 cm³/mol. The zero-order valence-corrected chi connectivity index (χ0v) is 13.0. The van der Waals surface area contributed by atoms with Crippen molar-refractivity contribution in [1.82, 2.24) is 0 Å². The van der Waals surface area contributed by atoms with E-state index in [0.29, 0.717) is 12.2 Å². The number of ether oxygens (including phenoxy) is 1. The fourth-order valence-corrected chi connectivity index (χ4v) is 2.14. The van der Waals surface area contributed by atoms with Crippen molar-refractivity contribution in [2.75, 3.05) is 6.61 Å². The minimum Gasteiger partial charge on any atom is -0.463 e. The summed E-state index contributed by atoms with van der Waals surface area (Å²) in [7, 11) is 0. The van der Waals surface area contributed by atoms with E-state index in [2.05, 4.69) is 72.0 Å². The van der Waals surface area contributed by atoms with Gasteiger partial charge in [0.15, 0.2) is 0 Å². The smallest absolute Gasteiger partial charge is 0.333 e. The highest BCUT2D eigenvalue weighted by Gasteiger charge is 1.98. The topological polar surface area (TPSA) is 26.3 Å². The average Bonchev–Trinajstić information content (AvgIpc) is 2.53. The van der Waals surface area contributed by atoms with E-state index in [-0.39, 0.29) is 5.97 Å². The third kappa shape index (κ3) is 3.95. The first-order valence-electron chi connectivity index (χ1n) is 7.32. The number of hydrogen-bond acceptors (Lipinski definition) is 2. The van der Waals surface area contributed by atoms with Crippen LogP contribution in [0.3, 0.4) is 0 Å². The van der Waals surface area contributed by atoms with Crippen LogP contribution in [0.1, 0.15) is 13.8 Å². The van der Waals surface area contributed by atoms with E-state index in [9.17, 15) is 4.79 Å². The van der Waals surface area contributed by atoms with Crippen molar-refractivity contribution >= 4 is 27.5 Å². The van der Waals surface area contributed by atoms with Gasteiger partial charge in [0, 0.05) is 5.57 Å². The van der Waals surface area contributed by atoms with Gasteiger partial charge in [-0.25, -0.2) is 4.79 Å². The van der Waals surface area contributed by atoms with Gasteiger partial charge in [0.25, 0.3) is 0 Å². The van der Waals surface area contributed by atoms with Gasteiger partial charge in [-0.15, -0.1) is 0 Å². The van der Waals surface area contributed by atoms with E-state index in [1.807, 2.05) is 0 Å². The molecule has 0 spiro atoms. The molecule has 2 heteroatoms. The first-order chi connectivity index (χ1) is 10.6. The lowest BCUT2D eigenvalue weighted by atomic mass is 10.0.